The van der Waals surface area contributed by atoms with Crippen LogP contribution in [0.5, 0.6) is 0 Å². The molecule has 0 fully saturated rings. The van der Waals surface area contributed by atoms with E-state index >= 15 is 0 Å². The van der Waals surface area contributed by atoms with Crippen LogP contribution < -0.4 is 21.5 Å². The van der Waals surface area contributed by atoms with Gasteiger partial charge in [-0.1, -0.05) is 15.9 Å². The molecule has 0 aliphatic carbocycles. The van der Waals surface area contributed by atoms with Gasteiger partial charge >= 0.3 is 6.09 Å². The Hall–Kier alpha value is -0.950. The first-order valence-corrected chi connectivity index (χ1v) is 5.78. The topological polar surface area (TPSA) is 45.8 Å². The molecule has 0 N–H and O–H groups in total. The van der Waals surface area contributed by atoms with Gasteiger partial charge in [0.25, 0.3) is 0 Å². The lowest BCUT2D eigenvalue weighted by molar-refractivity contribution is -0.587. The first-order valence-electron chi connectivity index (χ1n) is 4.90. The second kappa shape index (κ2) is 8.19. The van der Waals surface area contributed by atoms with Gasteiger partial charge in [0.2, 0.25) is 5.01 Å². The van der Waals surface area contributed by atoms with E-state index in [0.717, 1.165) is 5.01 Å². The Balaban J connectivity index is 0.00000256. The van der Waals surface area contributed by atoms with Crippen LogP contribution in [-0.4, -0.2) is 44.6 Å². The summed E-state index contributed by atoms with van der Waals surface area (Å²) in [4.78, 5) is 17.4. The summed E-state index contributed by atoms with van der Waals surface area (Å²) in [5, 5.41) is 2.75. The Labute approximate surface area is 115 Å². The molecular formula is C10H16BrN3O2S. The second-order valence-electron chi connectivity index (χ2n) is 3.39. The maximum absolute atomic E-state index is 11.5. The van der Waals surface area contributed by atoms with Gasteiger partial charge in [-0.15, -0.1) is 0 Å². The van der Waals surface area contributed by atoms with Gasteiger partial charge in [0.15, 0.2) is 6.20 Å². The van der Waals surface area contributed by atoms with Crippen molar-refractivity contribution in [3.8, 4) is 0 Å². The van der Waals surface area contributed by atoms with Crippen molar-refractivity contribution in [3.05, 3.63) is 16.6 Å². The van der Waals surface area contributed by atoms with Gasteiger partial charge in [-0.2, -0.15) is 4.79 Å². The smallest absolute Gasteiger partial charge is 0.602 e. The van der Waals surface area contributed by atoms with Crippen molar-refractivity contribution >= 4 is 23.8 Å². The molecule has 0 amide bonds. The van der Waals surface area contributed by atoms with Crippen molar-refractivity contribution in [2.24, 2.45) is 4.99 Å². The van der Waals surface area contributed by atoms with Crippen molar-refractivity contribution in [3.63, 3.8) is 0 Å². The third kappa shape index (κ3) is 5.78. The molecule has 0 unspecified atom stereocenters. The highest BCUT2D eigenvalue weighted by molar-refractivity contribution is 7.09. The first-order chi connectivity index (χ1) is 7.61. The number of aryl methyl sites for hydroxylation is 1. The molecular weight excluding hydrogens is 306 g/mol. The third-order valence-electron chi connectivity index (χ3n) is 1.74. The molecule has 1 aromatic heterocycles. The molecule has 0 bridgehead atoms. The van der Waals surface area contributed by atoms with Gasteiger partial charge in [0, 0.05) is 21.0 Å². The second-order valence-corrected chi connectivity index (χ2v) is 4.49. The Morgan fingerprint density at radius 2 is 2.35 bits per heavy atom. The largest absolute Gasteiger partial charge is 1.00 e. The maximum Gasteiger partial charge on any atom is 0.602 e. The number of aromatic nitrogens is 1. The normalized spacial score (nSPS) is 10.1. The number of thiazole rings is 1. The van der Waals surface area contributed by atoms with Gasteiger partial charge in [0.1, 0.15) is 6.61 Å². The van der Waals surface area contributed by atoms with Gasteiger partial charge in [-0.05, 0) is 0 Å². The van der Waals surface area contributed by atoms with E-state index in [4.69, 9.17) is 4.74 Å². The van der Waals surface area contributed by atoms with Crippen LogP contribution in [0, 0.1) is 6.92 Å². The summed E-state index contributed by atoms with van der Waals surface area (Å²) in [5.41, 5.74) is 0. The SMILES string of the molecule is Cc1scc[n+]1C(=O)OCCN=CN(C)C.[Br-]. The van der Waals surface area contributed by atoms with E-state index < -0.39 is 0 Å². The molecule has 0 saturated heterocycles. The molecule has 0 atom stereocenters. The summed E-state index contributed by atoms with van der Waals surface area (Å²) in [6.45, 7) is 2.65. The number of nitrogens with zero attached hydrogens (tertiary/aromatic N) is 3. The monoisotopic (exact) mass is 321 g/mol. The number of aliphatic imine (C=N–C) groups is 1. The number of ether oxygens (including phenoxy) is 1. The molecule has 7 heteroatoms. The molecule has 0 aliphatic heterocycles. The highest BCUT2D eigenvalue weighted by Gasteiger charge is 2.19. The zero-order valence-corrected chi connectivity index (χ0v) is 12.5. The van der Waals surface area contributed by atoms with Gasteiger partial charge in [-0.3, -0.25) is 4.99 Å². The first kappa shape index (κ1) is 16.1. The van der Waals surface area contributed by atoms with Crippen molar-refractivity contribution in [2.75, 3.05) is 27.2 Å². The number of halogens is 1. The van der Waals surface area contributed by atoms with Crippen molar-refractivity contribution in [1.82, 2.24) is 4.90 Å². The van der Waals surface area contributed by atoms with Crippen LogP contribution in [-0.2, 0) is 4.74 Å². The number of hydrogen-bond acceptors (Lipinski definition) is 4. The number of carbonyl (C=O) groups is 1. The van der Waals surface area contributed by atoms with Crippen LogP contribution in [0.3, 0.4) is 0 Å². The van der Waals surface area contributed by atoms with E-state index in [1.54, 1.807) is 12.5 Å². The molecule has 1 rings (SSSR count). The Morgan fingerprint density at radius 1 is 1.65 bits per heavy atom. The minimum Gasteiger partial charge on any atom is -1.00 e. The lowest BCUT2D eigenvalue weighted by atomic mass is 10.7. The van der Waals surface area contributed by atoms with Crippen LogP contribution in [0.15, 0.2) is 16.6 Å². The average molecular weight is 322 g/mol. The molecule has 17 heavy (non-hydrogen) atoms. The summed E-state index contributed by atoms with van der Waals surface area (Å²) >= 11 is 1.51. The van der Waals surface area contributed by atoms with E-state index in [9.17, 15) is 4.79 Å². The molecule has 1 aromatic rings. The fraction of sp³-hybridized carbons (Fsp3) is 0.500. The Morgan fingerprint density at radius 3 is 2.88 bits per heavy atom. The van der Waals surface area contributed by atoms with Crippen LogP contribution in [0.1, 0.15) is 5.01 Å². The molecule has 1 heterocycles. The van der Waals surface area contributed by atoms with E-state index in [2.05, 4.69) is 4.99 Å². The Bertz CT molecular complexity index is 379. The summed E-state index contributed by atoms with van der Waals surface area (Å²) in [7, 11) is 3.78. The molecule has 5 nitrogen and oxygen atoms in total. The highest BCUT2D eigenvalue weighted by atomic mass is 79.9. The van der Waals surface area contributed by atoms with E-state index in [1.165, 1.54) is 15.9 Å². The predicted molar refractivity (Wildman–Crippen MR) is 63.0 cm³/mol. The summed E-state index contributed by atoms with van der Waals surface area (Å²) in [6.07, 6.45) is 3.04. The lowest BCUT2D eigenvalue weighted by Gasteiger charge is -2.01. The molecule has 0 radical (unpaired) electrons. The fourth-order valence-corrected chi connectivity index (χ4v) is 1.65. The van der Waals surface area contributed by atoms with Crippen molar-refractivity contribution in [1.29, 1.82) is 0 Å². The Kier molecular flexibility index (Phi) is 7.73. The van der Waals surface area contributed by atoms with E-state index in [0.29, 0.717) is 13.2 Å². The standard InChI is InChI=1S/C10H16N3O2S.BrH/c1-9-13(5-7-16-9)10(14)15-6-4-11-8-12(2)3;/h5,7-8H,4,6H2,1-3H3;1H/q+1;/p-1. The maximum atomic E-state index is 11.5. The average Bonchev–Trinajstić information content (AvgIpc) is 2.63. The molecule has 96 valence electrons. The van der Waals surface area contributed by atoms with Crippen LogP contribution in [0.4, 0.5) is 4.79 Å². The minimum absolute atomic E-state index is 0. The van der Waals surface area contributed by atoms with Gasteiger partial charge in [-0.25, -0.2) is 0 Å². The van der Waals surface area contributed by atoms with Crippen molar-refractivity contribution in [2.45, 2.75) is 6.92 Å². The number of rotatable bonds is 4. The fourth-order valence-electron chi connectivity index (χ4n) is 1.02. The summed E-state index contributed by atoms with van der Waals surface area (Å²) in [5.74, 6) is 0. The summed E-state index contributed by atoms with van der Waals surface area (Å²) in [6, 6.07) is 0. The zero-order valence-electron chi connectivity index (χ0n) is 10.1. The van der Waals surface area contributed by atoms with E-state index in [1.807, 2.05) is 31.3 Å². The van der Waals surface area contributed by atoms with Crippen LogP contribution in [0.2, 0.25) is 0 Å². The van der Waals surface area contributed by atoms with Gasteiger partial charge in [0.05, 0.1) is 18.3 Å². The van der Waals surface area contributed by atoms with Crippen LogP contribution in [0.25, 0.3) is 0 Å². The summed E-state index contributed by atoms with van der Waals surface area (Å²) < 4.78 is 6.53. The van der Waals surface area contributed by atoms with Crippen molar-refractivity contribution < 1.29 is 31.1 Å². The van der Waals surface area contributed by atoms with Gasteiger partial charge < -0.3 is 26.6 Å². The predicted octanol–water partition coefficient (Wildman–Crippen LogP) is -2.08. The zero-order chi connectivity index (χ0) is 12.0. The quantitative estimate of drug-likeness (QED) is 0.277. The van der Waals surface area contributed by atoms with Crippen LogP contribution >= 0.6 is 11.3 Å². The lowest BCUT2D eigenvalue weighted by Crippen LogP contribution is -3.00. The number of carbonyl (C=O) groups excluding carboxylic acids is 1. The number of hydrogen-bond donors (Lipinski definition) is 0. The molecule has 0 saturated carbocycles. The highest BCUT2D eigenvalue weighted by Crippen LogP contribution is 1.99. The molecule has 0 aliphatic rings. The molecule has 0 aromatic carbocycles. The minimum atomic E-state index is -0.348. The van der Waals surface area contributed by atoms with E-state index in [-0.39, 0.29) is 23.1 Å². The third-order valence-corrected chi connectivity index (χ3v) is 2.54. The molecule has 0 spiro atoms.